The highest BCUT2D eigenvalue weighted by Crippen LogP contribution is 2.39. The molecule has 28 heavy (non-hydrogen) atoms. The van der Waals surface area contributed by atoms with E-state index in [1.165, 1.54) is 24.1 Å². The monoisotopic (exact) mass is 382 g/mol. The van der Waals surface area contributed by atoms with Crippen molar-refractivity contribution >= 4 is 5.91 Å². The molecule has 0 unspecified atom stereocenters. The van der Waals surface area contributed by atoms with Crippen molar-refractivity contribution < 1.29 is 4.79 Å². The highest BCUT2D eigenvalue weighted by Gasteiger charge is 2.41. The topological polar surface area (TPSA) is 67.2 Å². The molecule has 2 aliphatic rings. The molecule has 4 heterocycles. The number of rotatable bonds is 4. The molecule has 0 radical (unpaired) electrons. The van der Waals surface area contributed by atoms with Gasteiger partial charge in [0, 0.05) is 56.0 Å². The van der Waals surface area contributed by atoms with Crippen LogP contribution in [0, 0.1) is 19.3 Å². The van der Waals surface area contributed by atoms with Crippen molar-refractivity contribution in [3.05, 3.63) is 41.2 Å². The molecule has 1 atom stereocenters. The molecule has 2 aliphatic heterocycles. The molecule has 0 aromatic carbocycles. The molecule has 0 N–H and O–H groups in total. The molecule has 4 rings (SSSR count). The molecule has 0 bridgehead atoms. The number of piperidine rings is 2. The Balaban J connectivity index is 1.44. The lowest BCUT2D eigenvalue weighted by atomic mass is 9.73. The smallest absolute Gasteiger partial charge is 0.222 e. The van der Waals surface area contributed by atoms with E-state index in [2.05, 4.69) is 26.9 Å². The van der Waals surface area contributed by atoms with Crippen molar-refractivity contribution in [3.63, 3.8) is 0 Å². The number of aryl methyl sites for hydroxylation is 2. The number of amides is 1. The van der Waals surface area contributed by atoms with E-state index in [9.17, 15) is 4.79 Å². The molecule has 2 aromatic rings. The van der Waals surface area contributed by atoms with Gasteiger partial charge < -0.3 is 4.90 Å². The van der Waals surface area contributed by atoms with Crippen molar-refractivity contribution in [2.75, 3.05) is 19.6 Å². The van der Waals surface area contributed by atoms with Crippen LogP contribution in [0.4, 0.5) is 0 Å². The van der Waals surface area contributed by atoms with Gasteiger partial charge in [-0.3, -0.25) is 24.3 Å². The minimum atomic E-state index is 0.195. The summed E-state index contributed by atoms with van der Waals surface area (Å²) in [6.07, 6.45) is 9.57. The van der Waals surface area contributed by atoms with Gasteiger partial charge in [-0.1, -0.05) is 0 Å². The third kappa shape index (κ3) is 3.94. The lowest BCUT2D eigenvalue weighted by Crippen LogP contribution is -2.53. The molecule has 2 fully saturated rings. The van der Waals surface area contributed by atoms with Gasteiger partial charge in [-0.25, -0.2) is 0 Å². The van der Waals surface area contributed by atoms with Crippen molar-refractivity contribution in [2.45, 2.75) is 52.6 Å². The molecular formula is C21H30N6O. The summed E-state index contributed by atoms with van der Waals surface area (Å²) in [4.78, 5) is 25.9. The van der Waals surface area contributed by atoms with Crippen molar-refractivity contribution in [1.29, 1.82) is 0 Å². The summed E-state index contributed by atoms with van der Waals surface area (Å²) in [5.41, 5.74) is 4.50. The van der Waals surface area contributed by atoms with Gasteiger partial charge in [0.05, 0.1) is 30.3 Å². The van der Waals surface area contributed by atoms with Crippen LogP contribution in [0.1, 0.15) is 48.3 Å². The zero-order valence-corrected chi connectivity index (χ0v) is 17.2. The number of nitrogens with zero attached hydrogens (tertiary/aromatic N) is 6. The normalized spacial score (nSPS) is 23.5. The summed E-state index contributed by atoms with van der Waals surface area (Å²) in [5.74, 6) is 0.244. The van der Waals surface area contributed by atoms with Crippen molar-refractivity contribution in [3.8, 4) is 0 Å². The molecule has 0 saturated carbocycles. The maximum atomic E-state index is 12.6. The van der Waals surface area contributed by atoms with Gasteiger partial charge in [-0.15, -0.1) is 0 Å². The van der Waals surface area contributed by atoms with Crippen molar-refractivity contribution in [2.24, 2.45) is 12.5 Å². The van der Waals surface area contributed by atoms with Crippen LogP contribution >= 0.6 is 0 Å². The maximum absolute atomic E-state index is 12.6. The Bertz CT molecular complexity index is 845. The number of hydrogen-bond acceptors (Lipinski definition) is 5. The van der Waals surface area contributed by atoms with Crippen LogP contribution in [0.15, 0.2) is 18.6 Å². The van der Waals surface area contributed by atoms with Gasteiger partial charge in [0.2, 0.25) is 5.91 Å². The van der Waals surface area contributed by atoms with Crippen LogP contribution in [0.2, 0.25) is 0 Å². The second kappa shape index (κ2) is 7.62. The van der Waals surface area contributed by atoms with E-state index in [4.69, 9.17) is 0 Å². The van der Waals surface area contributed by atoms with Gasteiger partial charge in [-0.05, 0) is 39.7 Å². The van der Waals surface area contributed by atoms with Crippen molar-refractivity contribution in [1.82, 2.24) is 29.5 Å². The molecule has 2 aromatic heterocycles. The van der Waals surface area contributed by atoms with E-state index in [0.29, 0.717) is 13.0 Å². The fraction of sp³-hybridized carbons (Fsp3) is 0.619. The predicted molar refractivity (Wildman–Crippen MR) is 106 cm³/mol. The molecular weight excluding hydrogens is 352 g/mol. The SMILES string of the molecule is Cc1cnc(CN2C[C@@]3(CCCN(Cc4cnn(C)c4C)C3)CCC2=O)cn1. The van der Waals surface area contributed by atoms with Crippen LogP contribution in [0.5, 0.6) is 0 Å². The Kier molecular flexibility index (Phi) is 5.19. The summed E-state index contributed by atoms with van der Waals surface area (Å²) in [5, 5.41) is 4.38. The second-order valence-corrected chi connectivity index (χ2v) is 8.59. The first kappa shape index (κ1) is 19.1. The Labute approximate surface area is 166 Å². The molecule has 0 aliphatic carbocycles. The molecule has 7 heteroatoms. The summed E-state index contributed by atoms with van der Waals surface area (Å²) in [7, 11) is 2.00. The molecule has 2 saturated heterocycles. The predicted octanol–water partition coefficient (Wildman–Crippen LogP) is 2.23. The van der Waals surface area contributed by atoms with E-state index in [1.807, 2.05) is 29.7 Å². The first-order chi connectivity index (χ1) is 13.4. The average molecular weight is 383 g/mol. The van der Waals surface area contributed by atoms with Crippen LogP contribution in [0.3, 0.4) is 0 Å². The number of likely N-dealkylation sites (tertiary alicyclic amines) is 2. The van der Waals surface area contributed by atoms with E-state index in [0.717, 1.165) is 44.0 Å². The Morgan fingerprint density at radius 3 is 2.64 bits per heavy atom. The highest BCUT2D eigenvalue weighted by molar-refractivity contribution is 5.77. The van der Waals surface area contributed by atoms with Crippen LogP contribution in [-0.4, -0.2) is 55.1 Å². The summed E-state index contributed by atoms with van der Waals surface area (Å²) >= 11 is 0. The third-order valence-corrected chi connectivity index (χ3v) is 6.41. The Morgan fingerprint density at radius 2 is 1.93 bits per heavy atom. The van der Waals surface area contributed by atoms with Crippen LogP contribution in [-0.2, 0) is 24.9 Å². The number of hydrogen-bond donors (Lipinski definition) is 0. The van der Waals surface area contributed by atoms with E-state index < -0.39 is 0 Å². The lowest BCUT2D eigenvalue weighted by molar-refractivity contribution is -0.140. The molecule has 150 valence electrons. The fourth-order valence-corrected chi connectivity index (χ4v) is 4.66. The minimum absolute atomic E-state index is 0.195. The number of aromatic nitrogens is 4. The first-order valence-electron chi connectivity index (χ1n) is 10.2. The van der Waals surface area contributed by atoms with E-state index in [-0.39, 0.29) is 11.3 Å². The van der Waals surface area contributed by atoms with Crippen LogP contribution < -0.4 is 0 Å². The highest BCUT2D eigenvalue weighted by atomic mass is 16.2. The van der Waals surface area contributed by atoms with Gasteiger partial charge in [-0.2, -0.15) is 5.10 Å². The average Bonchev–Trinajstić information content (AvgIpc) is 2.99. The fourth-order valence-electron chi connectivity index (χ4n) is 4.66. The largest absolute Gasteiger partial charge is 0.336 e. The molecule has 7 nitrogen and oxygen atoms in total. The maximum Gasteiger partial charge on any atom is 0.222 e. The Morgan fingerprint density at radius 1 is 1.07 bits per heavy atom. The quantitative estimate of drug-likeness (QED) is 0.811. The van der Waals surface area contributed by atoms with Gasteiger partial charge in [0.1, 0.15) is 0 Å². The zero-order chi connectivity index (χ0) is 19.7. The zero-order valence-electron chi connectivity index (χ0n) is 17.2. The van der Waals surface area contributed by atoms with Gasteiger partial charge in [0.15, 0.2) is 0 Å². The lowest BCUT2D eigenvalue weighted by Gasteiger charge is -2.48. The standard InChI is InChI=1S/C21H30N6O/c1-16-9-23-19(11-22-16)13-27-15-21(7-5-20(27)28)6-4-8-26(14-21)12-18-10-24-25(3)17(18)2/h9-11H,4-8,12-15H2,1-3H3/t21-/m0/s1. The van der Waals surface area contributed by atoms with Gasteiger partial charge in [0.25, 0.3) is 0 Å². The first-order valence-corrected chi connectivity index (χ1v) is 10.2. The third-order valence-electron chi connectivity index (χ3n) is 6.41. The summed E-state index contributed by atoms with van der Waals surface area (Å²) < 4.78 is 1.94. The molecule has 1 amide bonds. The molecule has 1 spiro atoms. The van der Waals surface area contributed by atoms with Crippen LogP contribution in [0.25, 0.3) is 0 Å². The van der Waals surface area contributed by atoms with E-state index >= 15 is 0 Å². The van der Waals surface area contributed by atoms with Gasteiger partial charge >= 0.3 is 0 Å². The Hall–Kier alpha value is -2.28. The number of carbonyl (C=O) groups is 1. The van der Waals surface area contributed by atoms with E-state index in [1.54, 1.807) is 12.4 Å². The second-order valence-electron chi connectivity index (χ2n) is 8.59. The number of carbonyl (C=O) groups excluding carboxylic acids is 1. The summed E-state index contributed by atoms with van der Waals surface area (Å²) in [6, 6.07) is 0. The summed E-state index contributed by atoms with van der Waals surface area (Å²) in [6.45, 7) is 8.56. The minimum Gasteiger partial charge on any atom is -0.336 e.